The van der Waals surface area contributed by atoms with Gasteiger partial charge in [-0.15, -0.1) is 6.42 Å². The highest BCUT2D eigenvalue weighted by molar-refractivity contribution is 5.85. The standard InChI is InChI=1S/C14H13NO/c1-4-8-16-13-9-11(3)12-7-5-6-10(2)14(12)15-13/h1,5-7,9H,8H2,2-3H3. The lowest BCUT2D eigenvalue weighted by Crippen LogP contribution is -1.97. The molecule has 0 unspecified atom stereocenters. The first-order valence-electron chi connectivity index (χ1n) is 5.15. The minimum Gasteiger partial charge on any atom is -0.464 e. The molecular weight excluding hydrogens is 198 g/mol. The van der Waals surface area contributed by atoms with Gasteiger partial charge in [-0.05, 0) is 25.0 Å². The maximum Gasteiger partial charge on any atom is 0.215 e. The number of fused-ring (bicyclic) bond motifs is 1. The van der Waals surface area contributed by atoms with Crippen LogP contribution in [0.3, 0.4) is 0 Å². The molecule has 0 amide bonds. The summed E-state index contributed by atoms with van der Waals surface area (Å²) in [6.45, 7) is 4.34. The van der Waals surface area contributed by atoms with Gasteiger partial charge in [0.25, 0.3) is 0 Å². The minimum atomic E-state index is 0.254. The predicted octanol–water partition coefficient (Wildman–Crippen LogP) is 2.86. The van der Waals surface area contributed by atoms with E-state index in [4.69, 9.17) is 11.2 Å². The summed E-state index contributed by atoms with van der Waals surface area (Å²) in [6, 6.07) is 8.06. The van der Waals surface area contributed by atoms with Gasteiger partial charge < -0.3 is 4.74 Å². The number of aryl methyl sites for hydroxylation is 2. The van der Waals surface area contributed by atoms with Crippen LogP contribution < -0.4 is 4.74 Å². The Balaban J connectivity index is 2.57. The van der Waals surface area contributed by atoms with Gasteiger partial charge >= 0.3 is 0 Å². The van der Waals surface area contributed by atoms with Gasteiger partial charge in [-0.3, -0.25) is 0 Å². The van der Waals surface area contributed by atoms with E-state index < -0.39 is 0 Å². The fourth-order valence-electron chi connectivity index (χ4n) is 1.72. The Hall–Kier alpha value is -2.01. The summed E-state index contributed by atoms with van der Waals surface area (Å²) in [5.74, 6) is 3.03. The highest BCUT2D eigenvalue weighted by Crippen LogP contribution is 2.23. The molecule has 0 aliphatic rings. The monoisotopic (exact) mass is 211 g/mol. The van der Waals surface area contributed by atoms with Crippen LogP contribution in [-0.2, 0) is 0 Å². The number of aromatic nitrogens is 1. The van der Waals surface area contributed by atoms with Gasteiger partial charge in [0.15, 0.2) is 6.61 Å². The summed E-state index contributed by atoms with van der Waals surface area (Å²) in [5, 5.41) is 1.16. The highest BCUT2D eigenvalue weighted by Gasteiger charge is 2.04. The molecule has 0 spiro atoms. The van der Waals surface area contributed by atoms with Gasteiger partial charge in [0, 0.05) is 11.5 Å². The summed E-state index contributed by atoms with van der Waals surface area (Å²) >= 11 is 0. The number of pyridine rings is 1. The third kappa shape index (κ3) is 1.85. The molecule has 2 heteroatoms. The van der Waals surface area contributed by atoms with E-state index in [0.717, 1.165) is 22.0 Å². The van der Waals surface area contributed by atoms with E-state index in [0.29, 0.717) is 5.88 Å². The van der Waals surface area contributed by atoms with Crippen LogP contribution in [0.15, 0.2) is 24.3 Å². The first-order chi connectivity index (χ1) is 7.72. The highest BCUT2D eigenvalue weighted by atomic mass is 16.5. The second-order valence-corrected chi connectivity index (χ2v) is 3.74. The fourth-order valence-corrected chi connectivity index (χ4v) is 1.72. The van der Waals surface area contributed by atoms with Gasteiger partial charge in [0.1, 0.15) is 0 Å². The second kappa shape index (κ2) is 4.24. The second-order valence-electron chi connectivity index (χ2n) is 3.74. The van der Waals surface area contributed by atoms with E-state index in [-0.39, 0.29) is 6.61 Å². The third-order valence-electron chi connectivity index (χ3n) is 2.53. The molecule has 1 aromatic carbocycles. The summed E-state index contributed by atoms with van der Waals surface area (Å²) < 4.78 is 5.35. The Kier molecular flexibility index (Phi) is 2.78. The number of nitrogens with zero attached hydrogens (tertiary/aromatic N) is 1. The quantitative estimate of drug-likeness (QED) is 0.712. The van der Waals surface area contributed by atoms with Crippen molar-refractivity contribution in [1.82, 2.24) is 4.98 Å². The van der Waals surface area contributed by atoms with Crippen LogP contribution in [0.2, 0.25) is 0 Å². The number of para-hydroxylation sites is 1. The molecule has 1 heterocycles. The van der Waals surface area contributed by atoms with E-state index in [1.807, 2.05) is 32.0 Å². The van der Waals surface area contributed by atoms with Crippen molar-refractivity contribution in [2.45, 2.75) is 13.8 Å². The molecule has 2 rings (SSSR count). The molecule has 16 heavy (non-hydrogen) atoms. The normalized spacial score (nSPS) is 10.1. The lowest BCUT2D eigenvalue weighted by atomic mass is 10.1. The van der Waals surface area contributed by atoms with Crippen LogP contribution in [-0.4, -0.2) is 11.6 Å². The number of terminal acetylenes is 1. The molecule has 0 radical (unpaired) electrons. The smallest absolute Gasteiger partial charge is 0.215 e. The number of ether oxygens (including phenoxy) is 1. The van der Waals surface area contributed by atoms with Gasteiger partial charge in [0.05, 0.1) is 5.52 Å². The van der Waals surface area contributed by atoms with Gasteiger partial charge in [-0.1, -0.05) is 24.1 Å². The Morgan fingerprint density at radius 1 is 1.31 bits per heavy atom. The molecule has 80 valence electrons. The van der Waals surface area contributed by atoms with E-state index in [9.17, 15) is 0 Å². The van der Waals surface area contributed by atoms with E-state index in [1.165, 1.54) is 0 Å². The molecule has 2 aromatic rings. The van der Waals surface area contributed by atoms with Crippen molar-refractivity contribution in [2.75, 3.05) is 6.61 Å². The van der Waals surface area contributed by atoms with Crippen LogP contribution >= 0.6 is 0 Å². The summed E-state index contributed by atoms with van der Waals surface area (Å²) in [6.07, 6.45) is 5.15. The average Bonchev–Trinajstić information content (AvgIpc) is 2.28. The van der Waals surface area contributed by atoms with E-state index in [2.05, 4.69) is 17.0 Å². The number of benzene rings is 1. The zero-order valence-corrected chi connectivity index (χ0v) is 9.45. The maximum atomic E-state index is 5.35. The molecule has 0 saturated heterocycles. The Bertz CT molecular complexity index is 567. The maximum absolute atomic E-state index is 5.35. The van der Waals surface area contributed by atoms with Crippen molar-refractivity contribution in [2.24, 2.45) is 0 Å². The lowest BCUT2D eigenvalue weighted by Gasteiger charge is -2.08. The molecule has 0 atom stereocenters. The summed E-state index contributed by atoms with van der Waals surface area (Å²) in [5.41, 5.74) is 3.28. The van der Waals surface area contributed by atoms with Crippen molar-refractivity contribution >= 4 is 10.9 Å². The Labute approximate surface area is 95.3 Å². The van der Waals surface area contributed by atoms with Crippen molar-refractivity contribution in [3.05, 3.63) is 35.4 Å². The van der Waals surface area contributed by atoms with Crippen molar-refractivity contribution in [3.8, 4) is 18.2 Å². The van der Waals surface area contributed by atoms with Crippen molar-refractivity contribution < 1.29 is 4.74 Å². The molecular formula is C14H13NO. The van der Waals surface area contributed by atoms with Crippen LogP contribution in [0.5, 0.6) is 5.88 Å². The molecule has 0 aliphatic heterocycles. The SMILES string of the molecule is C#CCOc1cc(C)c2cccc(C)c2n1. The number of rotatable bonds is 2. The zero-order chi connectivity index (χ0) is 11.5. The van der Waals surface area contributed by atoms with Crippen molar-refractivity contribution in [3.63, 3.8) is 0 Å². The Morgan fingerprint density at radius 2 is 2.12 bits per heavy atom. The molecule has 0 bridgehead atoms. The topological polar surface area (TPSA) is 22.1 Å². The molecule has 0 N–H and O–H groups in total. The summed E-state index contributed by atoms with van der Waals surface area (Å²) in [4.78, 5) is 4.46. The largest absolute Gasteiger partial charge is 0.464 e. The van der Waals surface area contributed by atoms with Gasteiger partial charge in [0.2, 0.25) is 5.88 Å². The molecule has 2 nitrogen and oxygen atoms in total. The van der Waals surface area contributed by atoms with Crippen LogP contribution in [0.1, 0.15) is 11.1 Å². The Morgan fingerprint density at radius 3 is 2.88 bits per heavy atom. The molecule has 1 aromatic heterocycles. The molecule has 0 aliphatic carbocycles. The van der Waals surface area contributed by atoms with Gasteiger partial charge in [-0.25, -0.2) is 4.98 Å². The minimum absolute atomic E-state index is 0.254. The van der Waals surface area contributed by atoms with E-state index >= 15 is 0 Å². The average molecular weight is 211 g/mol. The van der Waals surface area contributed by atoms with Crippen LogP contribution in [0, 0.1) is 26.2 Å². The van der Waals surface area contributed by atoms with Crippen LogP contribution in [0.25, 0.3) is 10.9 Å². The predicted molar refractivity (Wildman–Crippen MR) is 65.5 cm³/mol. The van der Waals surface area contributed by atoms with Gasteiger partial charge in [-0.2, -0.15) is 0 Å². The van der Waals surface area contributed by atoms with E-state index in [1.54, 1.807) is 0 Å². The lowest BCUT2D eigenvalue weighted by molar-refractivity contribution is 0.356. The van der Waals surface area contributed by atoms with Crippen LogP contribution in [0.4, 0.5) is 0 Å². The summed E-state index contributed by atoms with van der Waals surface area (Å²) in [7, 11) is 0. The number of hydrogen-bond acceptors (Lipinski definition) is 2. The molecule has 0 fully saturated rings. The first-order valence-corrected chi connectivity index (χ1v) is 5.15. The first kappa shape index (κ1) is 10.5. The fraction of sp³-hybridized carbons (Fsp3) is 0.214. The number of hydrogen-bond donors (Lipinski definition) is 0. The zero-order valence-electron chi connectivity index (χ0n) is 9.45. The van der Waals surface area contributed by atoms with Crippen molar-refractivity contribution in [1.29, 1.82) is 0 Å². The molecule has 0 saturated carbocycles. The third-order valence-corrected chi connectivity index (χ3v) is 2.53.